The number of nitrogen functional groups attached to an aromatic ring is 1. The third kappa shape index (κ3) is 1.84. The maximum atomic E-state index is 13.5. The number of benzene rings is 2. The summed E-state index contributed by atoms with van der Waals surface area (Å²) in [7, 11) is 0. The summed E-state index contributed by atoms with van der Waals surface area (Å²) in [6.45, 7) is 1.93. The zero-order valence-corrected chi connectivity index (χ0v) is 8.50. The van der Waals surface area contributed by atoms with Gasteiger partial charge in [-0.1, -0.05) is 30.3 Å². The maximum Gasteiger partial charge on any atom is 0.131 e. The van der Waals surface area contributed by atoms with E-state index in [0.717, 1.165) is 11.1 Å². The summed E-state index contributed by atoms with van der Waals surface area (Å²) in [5.41, 5.74) is 8.89. The van der Waals surface area contributed by atoms with E-state index in [9.17, 15) is 4.39 Å². The summed E-state index contributed by atoms with van der Waals surface area (Å²) in [6, 6.07) is 12.3. The van der Waals surface area contributed by atoms with E-state index in [1.807, 2.05) is 25.1 Å². The molecule has 1 nitrogen and oxygen atoms in total. The van der Waals surface area contributed by atoms with Gasteiger partial charge in [0.05, 0.1) is 0 Å². The van der Waals surface area contributed by atoms with Crippen molar-refractivity contribution in [3.05, 3.63) is 53.8 Å². The number of rotatable bonds is 1. The zero-order chi connectivity index (χ0) is 10.8. The van der Waals surface area contributed by atoms with Crippen LogP contribution in [-0.4, -0.2) is 0 Å². The standard InChI is InChI=1S/C13H12FN/c1-9-6-7-10(8-13(9)15)11-4-2-3-5-12(11)14/h2-8H,15H2,1H3. The summed E-state index contributed by atoms with van der Waals surface area (Å²) in [6.07, 6.45) is 0. The molecule has 0 radical (unpaired) electrons. The molecule has 0 fully saturated rings. The van der Waals surface area contributed by atoms with Crippen molar-refractivity contribution >= 4 is 5.69 Å². The zero-order valence-electron chi connectivity index (χ0n) is 8.50. The molecule has 0 amide bonds. The highest BCUT2D eigenvalue weighted by Gasteiger charge is 2.04. The molecule has 0 aliphatic heterocycles. The molecule has 0 atom stereocenters. The average molecular weight is 201 g/mol. The lowest BCUT2D eigenvalue weighted by Gasteiger charge is -2.06. The van der Waals surface area contributed by atoms with Crippen LogP contribution in [0.25, 0.3) is 11.1 Å². The minimum absolute atomic E-state index is 0.222. The molecule has 2 heteroatoms. The highest BCUT2D eigenvalue weighted by Crippen LogP contribution is 2.25. The van der Waals surface area contributed by atoms with Gasteiger partial charge in [-0.05, 0) is 30.2 Å². The number of nitrogens with two attached hydrogens (primary N) is 1. The van der Waals surface area contributed by atoms with Crippen molar-refractivity contribution in [3.8, 4) is 11.1 Å². The lowest BCUT2D eigenvalue weighted by atomic mass is 10.0. The van der Waals surface area contributed by atoms with Gasteiger partial charge in [-0.25, -0.2) is 4.39 Å². The summed E-state index contributed by atoms with van der Waals surface area (Å²) in [5, 5.41) is 0. The minimum Gasteiger partial charge on any atom is -0.398 e. The van der Waals surface area contributed by atoms with Crippen LogP contribution in [-0.2, 0) is 0 Å². The van der Waals surface area contributed by atoms with Crippen LogP contribution in [0.4, 0.5) is 10.1 Å². The van der Waals surface area contributed by atoms with Gasteiger partial charge in [0.15, 0.2) is 0 Å². The quantitative estimate of drug-likeness (QED) is 0.703. The van der Waals surface area contributed by atoms with Gasteiger partial charge in [-0.2, -0.15) is 0 Å². The fraction of sp³-hybridized carbons (Fsp3) is 0.0769. The van der Waals surface area contributed by atoms with Crippen LogP contribution in [0.5, 0.6) is 0 Å². The Hall–Kier alpha value is -1.83. The molecule has 2 rings (SSSR count). The smallest absolute Gasteiger partial charge is 0.131 e. The van der Waals surface area contributed by atoms with Crippen LogP contribution < -0.4 is 5.73 Å². The molecular weight excluding hydrogens is 189 g/mol. The third-order valence-electron chi connectivity index (χ3n) is 2.46. The fourth-order valence-corrected chi connectivity index (χ4v) is 1.50. The van der Waals surface area contributed by atoms with Gasteiger partial charge in [-0.3, -0.25) is 0 Å². The molecule has 2 aromatic rings. The Morgan fingerprint density at radius 2 is 1.80 bits per heavy atom. The van der Waals surface area contributed by atoms with Gasteiger partial charge in [0.1, 0.15) is 5.82 Å². The molecule has 15 heavy (non-hydrogen) atoms. The Labute approximate surface area is 88.4 Å². The molecule has 0 aliphatic carbocycles. The molecule has 0 saturated heterocycles. The van der Waals surface area contributed by atoms with Crippen LogP contribution in [0.2, 0.25) is 0 Å². The molecule has 0 heterocycles. The van der Waals surface area contributed by atoms with Crippen LogP contribution in [0.15, 0.2) is 42.5 Å². The van der Waals surface area contributed by atoms with Gasteiger partial charge >= 0.3 is 0 Å². The van der Waals surface area contributed by atoms with Crippen LogP contribution in [0.3, 0.4) is 0 Å². The van der Waals surface area contributed by atoms with Gasteiger partial charge < -0.3 is 5.73 Å². The Morgan fingerprint density at radius 1 is 1.07 bits per heavy atom. The molecule has 0 unspecified atom stereocenters. The Kier molecular flexibility index (Phi) is 2.42. The molecule has 0 aromatic heterocycles. The summed E-state index contributed by atoms with van der Waals surface area (Å²) in [4.78, 5) is 0. The largest absolute Gasteiger partial charge is 0.398 e. The molecule has 0 bridgehead atoms. The van der Waals surface area contributed by atoms with Gasteiger partial charge in [0.25, 0.3) is 0 Å². The topological polar surface area (TPSA) is 26.0 Å². The van der Waals surface area contributed by atoms with E-state index in [4.69, 9.17) is 5.73 Å². The van der Waals surface area contributed by atoms with Crippen LogP contribution >= 0.6 is 0 Å². The number of hydrogen-bond acceptors (Lipinski definition) is 1. The second kappa shape index (κ2) is 3.73. The predicted molar refractivity (Wildman–Crippen MR) is 61.0 cm³/mol. The van der Waals surface area contributed by atoms with Crippen LogP contribution in [0.1, 0.15) is 5.56 Å². The normalized spacial score (nSPS) is 10.3. The summed E-state index contributed by atoms with van der Waals surface area (Å²) in [5.74, 6) is -0.222. The van der Waals surface area contributed by atoms with E-state index < -0.39 is 0 Å². The number of aryl methyl sites for hydroxylation is 1. The molecule has 2 N–H and O–H groups in total. The van der Waals surface area contributed by atoms with E-state index in [-0.39, 0.29) is 5.82 Å². The van der Waals surface area contributed by atoms with Crippen molar-refractivity contribution in [3.63, 3.8) is 0 Å². The van der Waals surface area contributed by atoms with Crippen molar-refractivity contribution in [2.45, 2.75) is 6.92 Å². The lowest BCUT2D eigenvalue weighted by molar-refractivity contribution is 0.631. The Morgan fingerprint density at radius 3 is 2.47 bits per heavy atom. The lowest BCUT2D eigenvalue weighted by Crippen LogP contribution is -1.91. The molecular formula is C13H12FN. The molecule has 0 spiro atoms. The molecule has 76 valence electrons. The first kappa shape index (κ1) is 9.71. The van der Waals surface area contributed by atoms with E-state index in [0.29, 0.717) is 11.3 Å². The maximum absolute atomic E-state index is 13.5. The first-order valence-corrected chi connectivity index (χ1v) is 4.79. The van der Waals surface area contributed by atoms with Gasteiger partial charge in [0.2, 0.25) is 0 Å². The molecule has 0 saturated carbocycles. The first-order chi connectivity index (χ1) is 7.18. The monoisotopic (exact) mass is 201 g/mol. The van der Waals surface area contributed by atoms with E-state index in [1.165, 1.54) is 6.07 Å². The highest BCUT2D eigenvalue weighted by atomic mass is 19.1. The van der Waals surface area contributed by atoms with Gasteiger partial charge in [0, 0.05) is 11.3 Å². The molecule has 0 aliphatic rings. The first-order valence-electron chi connectivity index (χ1n) is 4.79. The summed E-state index contributed by atoms with van der Waals surface area (Å²) >= 11 is 0. The van der Waals surface area contributed by atoms with Gasteiger partial charge in [-0.15, -0.1) is 0 Å². The number of hydrogen-bond donors (Lipinski definition) is 1. The van der Waals surface area contributed by atoms with Crippen molar-refractivity contribution < 1.29 is 4.39 Å². The van der Waals surface area contributed by atoms with Crippen LogP contribution in [0, 0.1) is 12.7 Å². The average Bonchev–Trinajstić information content (AvgIpc) is 2.23. The van der Waals surface area contributed by atoms with E-state index >= 15 is 0 Å². The molecule has 2 aromatic carbocycles. The third-order valence-corrected chi connectivity index (χ3v) is 2.46. The highest BCUT2D eigenvalue weighted by molar-refractivity contribution is 5.69. The second-order valence-electron chi connectivity index (χ2n) is 3.55. The van der Waals surface area contributed by atoms with E-state index in [2.05, 4.69) is 0 Å². The fourth-order valence-electron chi connectivity index (χ4n) is 1.50. The SMILES string of the molecule is Cc1ccc(-c2ccccc2F)cc1N. The van der Waals surface area contributed by atoms with E-state index in [1.54, 1.807) is 18.2 Å². The van der Waals surface area contributed by atoms with Crippen molar-refractivity contribution in [2.24, 2.45) is 0 Å². The van der Waals surface area contributed by atoms with Crippen molar-refractivity contribution in [1.82, 2.24) is 0 Å². The summed E-state index contributed by atoms with van der Waals surface area (Å²) < 4.78 is 13.5. The minimum atomic E-state index is -0.222. The second-order valence-corrected chi connectivity index (χ2v) is 3.55. The number of halogens is 1. The Balaban J connectivity index is 2.55. The number of anilines is 1. The van der Waals surface area contributed by atoms with Crippen molar-refractivity contribution in [2.75, 3.05) is 5.73 Å². The predicted octanol–water partition coefficient (Wildman–Crippen LogP) is 3.38. The van der Waals surface area contributed by atoms with Crippen molar-refractivity contribution in [1.29, 1.82) is 0 Å². The Bertz CT molecular complexity index is 492.